The number of nitrogens with one attached hydrogen (secondary N) is 1. The van der Waals surface area contributed by atoms with E-state index in [9.17, 15) is 0 Å². The maximum atomic E-state index is 9.02. The molecule has 3 nitrogen and oxygen atoms in total. The molecule has 1 aliphatic rings. The molecule has 1 fully saturated rings. The Labute approximate surface area is 124 Å². The molecule has 3 rings (SSSR count). The van der Waals surface area contributed by atoms with Crippen LogP contribution in [0.25, 0.3) is 0 Å². The monoisotopic (exact) mass is 309 g/mol. The molecule has 1 aromatic carbocycles. The van der Waals surface area contributed by atoms with Gasteiger partial charge in [-0.25, -0.2) is 0 Å². The minimum absolute atomic E-state index is 0.273. The first-order valence-corrected chi connectivity index (χ1v) is 7.29. The van der Waals surface area contributed by atoms with E-state index in [0.29, 0.717) is 17.5 Å². The molecule has 6 heteroatoms. The van der Waals surface area contributed by atoms with Gasteiger partial charge >= 0.3 is 0 Å². The van der Waals surface area contributed by atoms with E-state index in [1.54, 1.807) is 0 Å². The third kappa shape index (κ3) is 2.55. The third-order valence-electron chi connectivity index (χ3n) is 3.15. The van der Waals surface area contributed by atoms with E-state index in [1.165, 1.54) is 17.1 Å². The molecule has 0 radical (unpaired) electrons. The molecule has 0 aliphatic heterocycles. The van der Waals surface area contributed by atoms with Crippen LogP contribution in [0.15, 0.2) is 24.3 Å². The van der Waals surface area contributed by atoms with Crippen LogP contribution in [0.2, 0.25) is 10.2 Å². The number of nitriles is 1. The second kappa shape index (κ2) is 5.01. The quantitative estimate of drug-likeness (QED) is 0.920. The summed E-state index contributed by atoms with van der Waals surface area (Å²) in [5.74, 6) is 0.436. The van der Waals surface area contributed by atoms with Crippen LogP contribution in [0.3, 0.4) is 0 Å². The van der Waals surface area contributed by atoms with E-state index >= 15 is 0 Å². The van der Waals surface area contributed by atoms with Gasteiger partial charge in [-0.15, -0.1) is 0 Å². The van der Waals surface area contributed by atoms with Crippen molar-refractivity contribution in [3.05, 3.63) is 45.6 Å². The van der Waals surface area contributed by atoms with E-state index in [0.717, 1.165) is 16.4 Å². The molecule has 96 valence electrons. The molecule has 1 aromatic heterocycles. The lowest BCUT2D eigenvalue weighted by atomic mass is 10.1. The zero-order valence-electron chi connectivity index (χ0n) is 9.73. The van der Waals surface area contributed by atoms with Gasteiger partial charge in [0.1, 0.15) is 16.6 Å². The van der Waals surface area contributed by atoms with E-state index in [1.807, 2.05) is 18.2 Å². The SMILES string of the molecule is N#Cc1c(Cl)nsc1N[C@H]1C[C@H]1c1cccc(Cl)c1. The Balaban J connectivity index is 1.73. The van der Waals surface area contributed by atoms with Gasteiger partial charge in [0.05, 0.1) is 0 Å². The van der Waals surface area contributed by atoms with Crippen molar-refractivity contribution < 1.29 is 0 Å². The van der Waals surface area contributed by atoms with Crippen LogP contribution in [0.5, 0.6) is 0 Å². The Kier molecular flexibility index (Phi) is 3.36. The molecule has 1 heterocycles. The van der Waals surface area contributed by atoms with Gasteiger partial charge in [0, 0.05) is 17.0 Å². The maximum absolute atomic E-state index is 9.02. The fourth-order valence-corrected chi connectivity index (χ4v) is 3.29. The molecule has 2 atom stereocenters. The predicted octanol–water partition coefficient (Wildman–Crippen LogP) is 4.29. The summed E-state index contributed by atoms with van der Waals surface area (Å²) in [6.07, 6.45) is 1.03. The van der Waals surface area contributed by atoms with Crippen molar-refractivity contribution in [3.63, 3.8) is 0 Å². The number of hydrogen-bond acceptors (Lipinski definition) is 4. The van der Waals surface area contributed by atoms with Crippen LogP contribution in [-0.2, 0) is 0 Å². The number of nitrogens with zero attached hydrogens (tertiary/aromatic N) is 2. The van der Waals surface area contributed by atoms with Gasteiger partial charge in [-0.3, -0.25) is 0 Å². The van der Waals surface area contributed by atoms with E-state index < -0.39 is 0 Å². The van der Waals surface area contributed by atoms with Crippen LogP contribution in [-0.4, -0.2) is 10.4 Å². The summed E-state index contributed by atoms with van der Waals surface area (Å²) in [7, 11) is 0. The van der Waals surface area contributed by atoms with Gasteiger partial charge in [-0.05, 0) is 35.6 Å². The Morgan fingerprint density at radius 3 is 3.00 bits per heavy atom. The van der Waals surface area contributed by atoms with E-state index in [4.69, 9.17) is 28.5 Å². The first kappa shape index (κ1) is 12.7. The molecule has 1 aliphatic carbocycles. The largest absolute Gasteiger partial charge is 0.371 e. The minimum Gasteiger partial charge on any atom is -0.371 e. The number of anilines is 1. The smallest absolute Gasteiger partial charge is 0.162 e. The van der Waals surface area contributed by atoms with Crippen LogP contribution >= 0.6 is 34.7 Å². The highest BCUT2D eigenvalue weighted by Crippen LogP contribution is 2.44. The summed E-state index contributed by atoms with van der Waals surface area (Å²) < 4.78 is 3.98. The highest BCUT2D eigenvalue weighted by molar-refractivity contribution is 7.10. The number of aromatic nitrogens is 1. The fourth-order valence-electron chi connectivity index (χ4n) is 2.09. The number of rotatable bonds is 3. The average molecular weight is 310 g/mol. The van der Waals surface area contributed by atoms with Gasteiger partial charge in [-0.2, -0.15) is 9.64 Å². The summed E-state index contributed by atoms with van der Waals surface area (Å²) in [6, 6.07) is 10.3. The van der Waals surface area contributed by atoms with Gasteiger partial charge in [0.25, 0.3) is 0 Å². The lowest BCUT2D eigenvalue weighted by molar-refractivity contribution is 1.05. The Bertz CT molecular complexity index is 662. The maximum Gasteiger partial charge on any atom is 0.162 e. The average Bonchev–Trinajstić information content (AvgIpc) is 3.07. The topological polar surface area (TPSA) is 48.7 Å². The lowest BCUT2D eigenvalue weighted by Crippen LogP contribution is -2.03. The van der Waals surface area contributed by atoms with E-state index in [2.05, 4.69) is 21.8 Å². The van der Waals surface area contributed by atoms with Gasteiger partial charge in [0.2, 0.25) is 0 Å². The molecular weight excluding hydrogens is 301 g/mol. The molecule has 2 aromatic rings. The first-order valence-electron chi connectivity index (χ1n) is 5.76. The van der Waals surface area contributed by atoms with Crippen molar-refractivity contribution in [1.29, 1.82) is 5.26 Å². The molecule has 1 N–H and O–H groups in total. The highest BCUT2D eigenvalue weighted by atomic mass is 35.5. The van der Waals surface area contributed by atoms with Gasteiger partial charge in [0.15, 0.2) is 5.15 Å². The fraction of sp³-hybridized carbons (Fsp3) is 0.231. The van der Waals surface area contributed by atoms with Crippen molar-refractivity contribution in [3.8, 4) is 6.07 Å². The zero-order valence-corrected chi connectivity index (χ0v) is 12.1. The van der Waals surface area contributed by atoms with Crippen molar-refractivity contribution in [2.75, 3.05) is 5.32 Å². The minimum atomic E-state index is 0.273. The second-order valence-electron chi connectivity index (χ2n) is 4.44. The molecular formula is C13H9Cl2N3S. The summed E-state index contributed by atoms with van der Waals surface area (Å²) in [6.45, 7) is 0. The van der Waals surface area contributed by atoms with Crippen molar-refractivity contribution in [1.82, 2.24) is 4.37 Å². The zero-order chi connectivity index (χ0) is 13.4. The van der Waals surface area contributed by atoms with Crippen molar-refractivity contribution >= 4 is 39.7 Å². The third-order valence-corrected chi connectivity index (χ3v) is 4.53. The summed E-state index contributed by atoms with van der Waals surface area (Å²) in [5.41, 5.74) is 1.66. The number of benzene rings is 1. The summed E-state index contributed by atoms with van der Waals surface area (Å²) in [5, 5.41) is 14.1. The summed E-state index contributed by atoms with van der Waals surface area (Å²) in [4.78, 5) is 0. The van der Waals surface area contributed by atoms with Crippen molar-refractivity contribution in [2.24, 2.45) is 0 Å². The van der Waals surface area contributed by atoms with Crippen LogP contribution in [0.1, 0.15) is 23.5 Å². The molecule has 1 saturated carbocycles. The number of halogens is 2. The van der Waals surface area contributed by atoms with Crippen LogP contribution in [0, 0.1) is 11.3 Å². The van der Waals surface area contributed by atoms with Gasteiger partial charge in [-0.1, -0.05) is 35.3 Å². The Hall–Kier alpha value is -1.28. The molecule has 0 amide bonds. The van der Waals surface area contributed by atoms with Gasteiger partial charge < -0.3 is 5.32 Å². The molecule has 0 saturated heterocycles. The Morgan fingerprint density at radius 1 is 1.42 bits per heavy atom. The Morgan fingerprint density at radius 2 is 2.26 bits per heavy atom. The summed E-state index contributed by atoms with van der Waals surface area (Å²) >= 11 is 13.1. The van der Waals surface area contributed by atoms with E-state index in [-0.39, 0.29) is 5.15 Å². The van der Waals surface area contributed by atoms with Crippen LogP contribution < -0.4 is 5.32 Å². The molecule has 0 spiro atoms. The standard InChI is InChI=1S/C13H9Cl2N3S/c14-8-3-1-2-7(4-8)9-5-11(9)17-13-10(6-16)12(15)18-19-13/h1-4,9,11,17H,5H2/t9-,11-/m0/s1. The molecule has 0 bridgehead atoms. The number of hydrogen-bond donors (Lipinski definition) is 1. The second-order valence-corrected chi connectivity index (χ2v) is 6.01. The van der Waals surface area contributed by atoms with Crippen LogP contribution in [0.4, 0.5) is 5.00 Å². The predicted molar refractivity (Wildman–Crippen MR) is 78.1 cm³/mol. The molecule has 19 heavy (non-hydrogen) atoms. The van der Waals surface area contributed by atoms with Crippen molar-refractivity contribution in [2.45, 2.75) is 18.4 Å². The molecule has 0 unspecified atom stereocenters. The highest BCUT2D eigenvalue weighted by Gasteiger charge is 2.39. The first-order chi connectivity index (χ1) is 9.19. The lowest BCUT2D eigenvalue weighted by Gasteiger charge is -2.03. The normalized spacial score (nSPS) is 20.9.